The van der Waals surface area contributed by atoms with E-state index in [1.807, 2.05) is 0 Å². The Hall–Kier alpha value is -0.620. The van der Waals surface area contributed by atoms with Crippen LogP contribution in [0.3, 0.4) is 0 Å². The summed E-state index contributed by atoms with van der Waals surface area (Å²) in [6, 6.07) is 0.630. The minimum atomic E-state index is -3.22. The maximum Gasteiger partial charge on any atom is 0.238 e. The Morgan fingerprint density at radius 2 is 2.06 bits per heavy atom. The smallest absolute Gasteiger partial charge is 0.238 e. The molecule has 0 aromatic rings. The van der Waals surface area contributed by atoms with Crippen molar-refractivity contribution < 1.29 is 13.2 Å². The molecule has 1 unspecified atom stereocenters. The number of hydrogen-bond donors (Lipinski definition) is 1. The number of sulfone groups is 1. The van der Waals surface area contributed by atoms with Crippen LogP contribution in [0.5, 0.6) is 0 Å². The average Bonchev–Trinajstić information content (AvgIpc) is 2.89. The molecule has 0 aromatic heterocycles. The van der Waals surface area contributed by atoms with Gasteiger partial charge in [0.2, 0.25) is 5.91 Å². The van der Waals surface area contributed by atoms with Crippen molar-refractivity contribution in [3.8, 4) is 0 Å². The first-order chi connectivity index (χ1) is 7.96. The average molecular weight is 260 g/mol. The lowest BCUT2D eigenvalue weighted by molar-refractivity contribution is -0.129. The molecule has 1 N–H and O–H groups in total. The minimum Gasteiger partial charge on any atom is -0.337 e. The van der Waals surface area contributed by atoms with Gasteiger partial charge < -0.3 is 10.2 Å². The summed E-state index contributed by atoms with van der Waals surface area (Å²) >= 11 is 0. The number of nitrogens with zero attached hydrogens (tertiary/aromatic N) is 1. The molecular weight excluding hydrogens is 240 g/mol. The molecule has 5 nitrogen and oxygen atoms in total. The summed E-state index contributed by atoms with van der Waals surface area (Å²) in [4.78, 5) is 13.7. The Kier molecular flexibility index (Phi) is 3.73. The molecule has 1 saturated carbocycles. The van der Waals surface area contributed by atoms with Gasteiger partial charge >= 0.3 is 0 Å². The zero-order valence-corrected chi connectivity index (χ0v) is 11.0. The molecule has 1 saturated heterocycles. The number of hydrogen-bond acceptors (Lipinski definition) is 4. The Bertz CT molecular complexity index is 384. The van der Waals surface area contributed by atoms with Crippen molar-refractivity contribution in [3.05, 3.63) is 0 Å². The molecule has 0 aromatic carbocycles. The van der Waals surface area contributed by atoms with Crippen LogP contribution in [0, 0.1) is 0 Å². The number of carbonyl (C=O) groups is 1. The van der Waals surface area contributed by atoms with Crippen molar-refractivity contribution in [1.82, 2.24) is 10.2 Å². The summed E-state index contributed by atoms with van der Waals surface area (Å²) in [5.74, 6) is -0.584. The number of amides is 1. The third-order valence-corrected chi connectivity index (χ3v) is 4.04. The quantitative estimate of drug-likeness (QED) is 0.742. The van der Waals surface area contributed by atoms with Gasteiger partial charge in [0.1, 0.15) is 5.75 Å². The number of nitrogens with one attached hydrogen (secondary N) is 1. The van der Waals surface area contributed by atoms with Gasteiger partial charge in [-0.15, -0.1) is 0 Å². The van der Waals surface area contributed by atoms with Gasteiger partial charge in [-0.2, -0.15) is 0 Å². The van der Waals surface area contributed by atoms with E-state index >= 15 is 0 Å². The summed E-state index contributed by atoms with van der Waals surface area (Å²) in [5, 5.41) is 3.34. The molecule has 1 atom stereocenters. The van der Waals surface area contributed by atoms with Gasteiger partial charge in [-0.1, -0.05) is 0 Å². The monoisotopic (exact) mass is 260 g/mol. The molecule has 2 aliphatic rings. The molecule has 0 radical (unpaired) electrons. The molecule has 1 heterocycles. The summed E-state index contributed by atoms with van der Waals surface area (Å²) < 4.78 is 22.3. The largest absolute Gasteiger partial charge is 0.337 e. The molecule has 6 heteroatoms. The zero-order valence-electron chi connectivity index (χ0n) is 10.2. The fourth-order valence-electron chi connectivity index (χ4n) is 2.30. The van der Waals surface area contributed by atoms with E-state index in [0.29, 0.717) is 12.6 Å². The van der Waals surface area contributed by atoms with Crippen molar-refractivity contribution in [2.45, 2.75) is 37.8 Å². The van der Waals surface area contributed by atoms with E-state index in [-0.39, 0.29) is 17.7 Å². The Labute approximate surface area is 102 Å². The number of carbonyl (C=O) groups excluding carboxylic acids is 1. The van der Waals surface area contributed by atoms with Crippen molar-refractivity contribution in [1.29, 1.82) is 0 Å². The second kappa shape index (κ2) is 4.94. The summed E-state index contributed by atoms with van der Waals surface area (Å²) in [5.41, 5.74) is 0. The van der Waals surface area contributed by atoms with E-state index in [2.05, 4.69) is 5.32 Å². The molecule has 1 aliphatic carbocycles. The maximum atomic E-state index is 11.9. The second-order valence-electron chi connectivity index (χ2n) is 5.14. The highest BCUT2D eigenvalue weighted by Crippen LogP contribution is 2.28. The van der Waals surface area contributed by atoms with E-state index in [0.717, 1.165) is 38.5 Å². The lowest BCUT2D eigenvalue weighted by Crippen LogP contribution is -2.44. The predicted octanol–water partition coefficient (Wildman–Crippen LogP) is -0.226. The normalized spacial score (nSPS) is 24.9. The van der Waals surface area contributed by atoms with Gasteiger partial charge in [-0.05, 0) is 32.2 Å². The van der Waals surface area contributed by atoms with E-state index in [4.69, 9.17) is 0 Å². The van der Waals surface area contributed by atoms with E-state index in [9.17, 15) is 13.2 Å². The lowest BCUT2D eigenvalue weighted by atomic mass is 10.2. The molecule has 0 bridgehead atoms. The first kappa shape index (κ1) is 12.8. The number of rotatable bonds is 5. The summed E-state index contributed by atoms with van der Waals surface area (Å²) in [6.07, 6.45) is 5.37. The third kappa shape index (κ3) is 3.96. The van der Waals surface area contributed by atoms with Gasteiger partial charge in [-0.3, -0.25) is 4.79 Å². The van der Waals surface area contributed by atoms with Crippen LogP contribution in [0.15, 0.2) is 0 Å². The van der Waals surface area contributed by atoms with Crippen molar-refractivity contribution in [2.75, 3.05) is 25.1 Å². The second-order valence-corrected chi connectivity index (χ2v) is 7.28. The van der Waals surface area contributed by atoms with Crippen molar-refractivity contribution in [2.24, 2.45) is 0 Å². The highest BCUT2D eigenvalue weighted by Gasteiger charge is 2.35. The van der Waals surface area contributed by atoms with Gasteiger partial charge in [0.05, 0.1) is 0 Å². The fraction of sp³-hybridized carbons (Fsp3) is 0.909. The van der Waals surface area contributed by atoms with E-state index in [1.54, 1.807) is 4.90 Å². The Morgan fingerprint density at radius 3 is 2.53 bits per heavy atom. The first-order valence-electron chi connectivity index (χ1n) is 6.16. The van der Waals surface area contributed by atoms with Crippen LogP contribution >= 0.6 is 0 Å². The van der Waals surface area contributed by atoms with E-state index < -0.39 is 9.84 Å². The van der Waals surface area contributed by atoms with Gasteiger partial charge in [0.15, 0.2) is 9.84 Å². The van der Waals surface area contributed by atoms with Crippen LogP contribution < -0.4 is 5.32 Å². The third-order valence-electron chi connectivity index (χ3n) is 3.27. The highest BCUT2D eigenvalue weighted by molar-refractivity contribution is 7.91. The fourth-order valence-corrected chi connectivity index (χ4v) is 2.91. The molecule has 98 valence electrons. The minimum absolute atomic E-state index is 0.233. The molecule has 1 amide bonds. The van der Waals surface area contributed by atoms with Crippen LogP contribution in [-0.4, -0.2) is 56.4 Å². The zero-order chi connectivity index (χ0) is 12.5. The first-order valence-corrected chi connectivity index (χ1v) is 8.22. The molecular formula is C11H20N2O3S. The molecule has 0 spiro atoms. The molecule has 2 rings (SSSR count). The van der Waals surface area contributed by atoms with Crippen LogP contribution in [-0.2, 0) is 14.6 Å². The Morgan fingerprint density at radius 1 is 1.35 bits per heavy atom. The summed E-state index contributed by atoms with van der Waals surface area (Å²) in [6.45, 7) is 1.67. The predicted molar refractivity (Wildman–Crippen MR) is 65.5 cm³/mol. The van der Waals surface area contributed by atoms with Crippen LogP contribution in [0.4, 0.5) is 0 Å². The van der Waals surface area contributed by atoms with Crippen molar-refractivity contribution in [3.63, 3.8) is 0 Å². The standard InChI is InChI=1S/C11H20N2O3S/c1-17(15,16)8-11(14)13(10-4-5-10)7-9-3-2-6-12-9/h9-10,12H,2-8H2,1H3. The van der Waals surface area contributed by atoms with Crippen molar-refractivity contribution >= 4 is 15.7 Å². The molecule has 2 fully saturated rings. The Balaban J connectivity index is 1.94. The van der Waals surface area contributed by atoms with Crippen LogP contribution in [0.2, 0.25) is 0 Å². The van der Waals surface area contributed by atoms with Gasteiger partial charge in [-0.25, -0.2) is 8.42 Å². The maximum absolute atomic E-state index is 11.9. The highest BCUT2D eigenvalue weighted by atomic mass is 32.2. The van der Waals surface area contributed by atoms with Gasteiger partial charge in [0.25, 0.3) is 0 Å². The lowest BCUT2D eigenvalue weighted by Gasteiger charge is -2.25. The topological polar surface area (TPSA) is 66.5 Å². The van der Waals surface area contributed by atoms with Crippen LogP contribution in [0.25, 0.3) is 0 Å². The molecule has 1 aliphatic heterocycles. The SMILES string of the molecule is CS(=O)(=O)CC(=O)N(CC1CCCN1)C1CC1. The summed E-state index contributed by atoms with van der Waals surface area (Å²) in [7, 11) is -3.22. The van der Waals surface area contributed by atoms with Gasteiger partial charge in [0, 0.05) is 24.9 Å². The molecule has 17 heavy (non-hydrogen) atoms. The van der Waals surface area contributed by atoms with Crippen LogP contribution in [0.1, 0.15) is 25.7 Å². The van der Waals surface area contributed by atoms with E-state index in [1.165, 1.54) is 0 Å².